The zero-order chi connectivity index (χ0) is 15.6. The number of hydrogen-bond acceptors (Lipinski definition) is 5. The van der Waals surface area contributed by atoms with Crippen LogP contribution < -0.4 is 4.74 Å². The molecule has 0 aliphatic carbocycles. The van der Waals surface area contributed by atoms with E-state index >= 15 is 0 Å². The van der Waals surface area contributed by atoms with Crippen molar-refractivity contribution in [2.75, 3.05) is 13.1 Å². The van der Waals surface area contributed by atoms with Crippen molar-refractivity contribution < 1.29 is 19.2 Å². The number of piperidine rings is 1. The van der Waals surface area contributed by atoms with E-state index in [1.54, 1.807) is 11.8 Å². The Bertz CT molecular complexity index is 625. The number of hydrogen-bond donors (Lipinski definition) is 1. The molecule has 0 unspecified atom stereocenters. The summed E-state index contributed by atoms with van der Waals surface area (Å²) in [6.45, 7) is 2.36. The van der Waals surface area contributed by atoms with E-state index in [0.29, 0.717) is 18.7 Å². The molecule has 116 valence electrons. The molecule has 2 aromatic rings. The number of para-hydroxylation sites is 1. The molecule has 22 heavy (non-hydrogen) atoms. The van der Waals surface area contributed by atoms with Gasteiger partial charge in [-0.15, -0.1) is 0 Å². The Hall–Kier alpha value is -2.34. The van der Waals surface area contributed by atoms with E-state index in [4.69, 9.17) is 9.26 Å². The van der Waals surface area contributed by atoms with Crippen molar-refractivity contribution in [2.24, 2.45) is 0 Å². The molecule has 1 saturated heterocycles. The Morgan fingerprint density at radius 2 is 2.18 bits per heavy atom. The molecule has 2 atom stereocenters. The van der Waals surface area contributed by atoms with E-state index in [0.717, 1.165) is 0 Å². The molecule has 1 aromatic carbocycles. The molecule has 6 heteroatoms. The molecule has 1 aromatic heterocycles. The van der Waals surface area contributed by atoms with Gasteiger partial charge in [0.2, 0.25) is 5.76 Å². The van der Waals surface area contributed by atoms with Gasteiger partial charge in [0.25, 0.3) is 5.91 Å². The molecular formula is C16H18N2O4. The summed E-state index contributed by atoms with van der Waals surface area (Å²) in [7, 11) is 0. The molecule has 1 N–H and O–H groups in total. The van der Waals surface area contributed by atoms with Crippen LogP contribution >= 0.6 is 0 Å². The standard InChI is InChI=1S/C16H18N2O4/c1-16(20)11-18(15(19)13-7-9-17-22-13)10-8-14(16)21-12-5-3-2-4-6-12/h2-7,9,14,20H,8,10-11H2,1H3/t14-,16-/m0/s1. The highest BCUT2D eigenvalue weighted by Gasteiger charge is 2.41. The Kier molecular flexibility index (Phi) is 3.85. The molecule has 0 spiro atoms. The first-order valence-corrected chi connectivity index (χ1v) is 7.20. The van der Waals surface area contributed by atoms with Crippen LogP contribution in [0, 0.1) is 0 Å². The lowest BCUT2D eigenvalue weighted by Gasteiger charge is -2.42. The first-order chi connectivity index (χ1) is 10.6. The van der Waals surface area contributed by atoms with Gasteiger partial charge in [-0.3, -0.25) is 4.79 Å². The van der Waals surface area contributed by atoms with Crippen molar-refractivity contribution in [3.8, 4) is 5.75 Å². The van der Waals surface area contributed by atoms with Crippen molar-refractivity contribution >= 4 is 5.91 Å². The maximum absolute atomic E-state index is 12.3. The van der Waals surface area contributed by atoms with Crippen molar-refractivity contribution in [2.45, 2.75) is 25.0 Å². The van der Waals surface area contributed by atoms with Crippen LogP contribution in [0.5, 0.6) is 5.75 Å². The van der Waals surface area contributed by atoms with Gasteiger partial charge in [0.1, 0.15) is 17.5 Å². The third-order valence-electron chi connectivity index (χ3n) is 3.82. The van der Waals surface area contributed by atoms with Gasteiger partial charge >= 0.3 is 0 Å². The minimum absolute atomic E-state index is 0.179. The zero-order valence-electron chi connectivity index (χ0n) is 12.3. The summed E-state index contributed by atoms with van der Waals surface area (Å²) < 4.78 is 10.8. The average molecular weight is 302 g/mol. The van der Waals surface area contributed by atoms with Crippen LogP contribution in [-0.4, -0.2) is 45.9 Å². The van der Waals surface area contributed by atoms with Gasteiger partial charge in [-0.1, -0.05) is 23.4 Å². The molecule has 0 saturated carbocycles. The Balaban J connectivity index is 1.68. The third-order valence-corrected chi connectivity index (χ3v) is 3.82. The van der Waals surface area contributed by atoms with Crippen LogP contribution in [0.25, 0.3) is 0 Å². The highest BCUT2D eigenvalue weighted by Crippen LogP contribution is 2.27. The molecule has 0 bridgehead atoms. The number of ether oxygens (including phenoxy) is 1. The van der Waals surface area contributed by atoms with Gasteiger partial charge < -0.3 is 19.3 Å². The second-order valence-corrected chi connectivity index (χ2v) is 5.67. The summed E-state index contributed by atoms with van der Waals surface area (Å²) in [4.78, 5) is 13.8. The zero-order valence-corrected chi connectivity index (χ0v) is 12.3. The summed E-state index contributed by atoms with van der Waals surface area (Å²) in [5.74, 6) is 0.622. The molecule has 0 radical (unpaired) electrons. The van der Waals surface area contributed by atoms with Gasteiger partial charge in [-0.05, 0) is 19.1 Å². The molecule has 1 amide bonds. The van der Waals surface area contributed by atoms with Gasteiger partial charge in [-0.2, -0.15) is 0 Å². The summed E-state index contributed by atoms with van der Waals surface area (Å²) >= 11 is 0. The van der Waals surface area contributed by atoms with E-state index in [9.17, 15) is 9.90 Å². The fourth-order valence-corrected chi connectivity index (χ4v) is 2.66. The first-order valence-electron chi connectivity index (χ1n) is 7.20. The minimum atomic E-state index is -1.14. The SMILES string of the molecule is C[C@]1(O)CN(C(=O)c2ccno2)CC[C@@H]1Oc1ccccc1. The Labute approximate surface area is 128 Å². The minimum Gasteiger partial charge on any atom is -0.487 e. The van der Waals surface area contributed by atoms with E-state index < -0.39 is 5.60 Å². The number of aliphatic hydroxyl groups is 1. The number of rotatable bonds is 3. The van der Waals surface area contributed by atoms with E-state index in [-0.39, 0.29) is 24.3 Å². The predicted molar refractivity (Wildman–Crippen MR) is 78.5 cm³/mol. The monoisotopic (exact) mass is 302 g/mol. The Morgan fingerprint density at radius 1 is 1.41 bits per heavy atom. The summed E-state index contributed by atoms with van der Waals surface area (Å²) in [6.07, 6.45) is 1.60. The third kappa shape index (κ3) is 2.96. The fourth-order valence-electron chi connectivity index (χ4n) is 2.66. The van der Waals surface area contributed by atoms with E-state index in [2.05, 4.69) is 5.16 Å². The summed E-state index contributed by atoms with van der Waals surface area (Å²) in [5, 5.41) is 14.2. The Morgan fingerprint density at radius 3 is 2.82 bits per heavy atom. The lowest BCUT2D eigenvalue weighted by atomic mass is 9.91. The number of likely N-dealkylation sites (tertiary alicyclic amines) is 1. The smallest absolute Gasteiger partial charge is 0.292 e. The fraction of sp³-hybridized carbons (Fsp3) is 0.375. The number of β-amino-alcohol motifs (C(OH)–C–C–N with tert-alkyl or cyclic N) is 1. The number of carbonyl (C=O) groups excluding carboxylic acids is 1. The molecule has 1 fully saturated rings. The second-order valence-electron chi connectivity index (χ2n) is 5.67. The molecule has 3 rings (SSSR count). The average Bonchev–Trinajstić information content (AvgIpc) is 3.03. The van der Waals surface area contributed by atoms with Crippen LogP contribution in [0.3, 0.4) is 0 Å². The highest BCUT2D eigenvalue weighted by molar-refractivity contribution is 5.91. The predicted octanol–water partition coefficient (Wildman–Crippen LogP) is 1.72. The van der Waals surface area contributed by atoms with Gasteiger partial charge in [0.15, 0.2) is 0 Å². The number of benzene rings is 1. The van der Waals surface area contributed by atoms with Gasteiger partial charge in [0, 0.05) is 19.0 Å². The second kappa shape index (κ2) is 5.81. The van der Waals surface area contributed by atoms with Crippen LogP contribution in [-0.2, 0) is 0 Å². The van der Waals surface area contributed by atoms with E-state index in [1.165, 1.54) is 12.3 Å². The molecule has 2 heterocycles. The van der Waals surface area contributed by atoms with Crippen molar-refractivity contribution in [3.05, 3.63) is 48.4 Å². The number of nitrogens with zero attached hydrogens (tertiary/aromatic N) is 2. The lowest BCUT2D eigenvalue weighted by molar-refractivity contribution is -0.0903. The van der Waals surface area contributed by atoms with E-state index in [1.807, 2.05) is 30.3 Å². The van der Waals surface area contributed by atoms with Crippen LogP contribution in [0.1, 0.15) is 23.9 Å². The van der Waals surface area contributed by atoms with Crippen LogP contribution in [0.2, 0.25) is 0 Å². The number of amides is 1. The van der Waals surface area contributed by atoms with Crippen LogP contribution in [0.4, 0.5) is 0 Å². The molecule has 1 aliphatic rings. The topological polar surface area (TPSA) is 75.8 Å². The molecular weight excluding hydrogens is 284 g/mol. The van der Waals surface area contributed by atoms with Crippen molar-refractivity contribution in [1.82, 2.24) is 10.1 Å². The molecule has 6 nitrogen and oxygen atoms in total. The van der Waals surface area contributed by atoms with Gasteiger partial charge in [-0.25, -0.2) is 0 Å². The first kappa shape index (κ1) is 14.6. The summed E-state index contributed by atoms with van der Waals surface area (Å²) in [5.41, 5.74) is -1.14. The van der Waals surface area contributed by atoms with Gasteiger partial charge in [0.05, 0.1) is 12.7 Å². The highest BCUT2D eigenvalue weighted by atomic mass is 16.5. The quantitative estimate of drug-likeness (QED) is 0.934. The largest absolute Gasteiger partial charge is 0.487 e. The maximum atomic E-state index is 12.3. The summed E-state index contributed by atoms with van der Waals surface area (Å²) in [6, 6.07) is 10.9. The number of aromatic nitrogens is 1. The number of carbonyl (C=O) groups is 1. The van der Waals surface area contributed by atoms with Crippen molar-refractivity contribution in [3.63, 3.8) is 0 Å². The lowest BCUT2D eigenvalue weighted by Crippen LogP contribution is -2.58. The normalized spacial score (nSPS) is 25.0. The van der Waals surface area contributed by atoms with Crippen molar-refractivity contribution in [1.29, 1.82) is 0 Å². The van der Waals surface area contributed by atoms with Crippen LogP contribution in [0.15, 0.2) is 47.1 Å². The maximum Gasteiger partial charge on any atom is 0.292 e. The molecule has 1 aliphatic heterocycles.